The standard InChI is InChI=1S/C16H27N3O2S2/c1-6-19(7-2)23(20,21)15-10-8-14(9-11-15)13(5)18-16(22)17-12(3)4/h8-13H,6-7H2,1-5H3,(H2,17,18,22)/t13-/m1/s1. The van der Waals surface area contributed by atoms with Gasteiger partial charge in [-0.15, -0.1) is 0 Å². The quantitative estimate of drug-likeness (QED) is 0.735. The number of sulfonamides is 1. The van der Waals surface area contributed by atoms with E-state index >= 15 is 0 Å². The van der Waals surface area contributed by atoms with Gasteiger partial charge < -0.3 is 10.6 Å². The van der Waals surface area contributed by atoms with Crippen molar-refractivity contribution in [1.82, 2.24) is 14.9 Å². The van der Waals surface area contributed by atoms with Crippen LogP contribution in [-0.4, -0.2) is 37.0 Å². The number of nitrogens with zero attached hydrogens (tertiary/aromatic N) is 1. The highest BCUT2D eigenvalue weighted by Crippen LogP contribution is 2.19. The second kappa shape index (κ2) is 8.61. The van der Waals surface area contributed by atoms with Gasteiger partial charge in [-0.2, -0.15) is 4.31 Å². The Bertz CT molecular complexity index is 609. The molecule has 23 heavy (non-hydrogen) atoms. The molecule has 0 unspecified atom stereocenters. The molecule has 0 aliphatic rings. The van der Waals surface area contributed by atoms with Gasteiger partial charge in [-0.3, -0.25) is 0 Å². The zero-order chi connectivity index (χ0) is 17.6. The smallest absolute Gasteiger partial charge is 0.243 e. The molecular weight excluding hydrogens is 330 g/mol. The van der Waals surface area contributed by atoms with Crippen molar-refractivity contribution in [2.24, 2.45) is 0 Å². The van der Waals surface area contributed by atoms with E-state index < -0.39 is 10.0 Å². The highest BCUT2D eigenvalue weighted by atomic mass is 32.2. The first kappa shape index (κ1) is 19.9. The molecule has 0 amide bonds. The Morgan fingerprint density at radius 3 is 2.04 bits per heavy atom. The van der Waals surface area contributed by atoms with E-state index in [1.54, 1.807) is 12.1 Å². The SMILES string of the molecule is CCN(CC)S(=O)(=O)c1ccc([C@@H](C)NC(=S)NC(C)C)cc1. The van der Waals surface area contributed by atoms with Crippen LogP contribution in [0.25, 0.3) is 0 Å². The third kappa shape index (κ3) is 5.44. The maximum Gasteiger partial charge on any atom is 0.243 e. The van der Waals surface area contributed by atoms with E-state index in [1.165, 1.54) is 4.31 Å². The molecule has 0 bridgehead atoms. The zero-order valence-electron chi connectivity index (χ0n) is 14.5. The van der Waals surface area contributed by atoms with Crippen LogP contribution in [0.2, 0.25) is 0 Å². The summed E-state index contributed by atoms with van der Waals surface area (Å²) in [4.78, 5) is 0.319. The summed E-state index contributed by atoms with van der Waals surface area (Å²) in [7, 11) is -3.41. The highest BCUT2D eigenvalue weighted by Gasteiger charge is 2.21. The second-order valence-corrected chi connectivity index (χ2v) is 8.00. The minimum Gasteiger partial charge on any atom is -0.361 e. The van der Waals surface area contributed by atoms with Crippen molar-refractivity contribution in [2.75, 3.05) is 13.1 Å². The molecular formula is C16H27N3O2S2. The Balaban J connectivity index is 2.86. The zero-order valence-corrected chi connectivity index (χ0v) is 16.1. The van der Waals surface area contributed by atoms with E-state index in [4.69, 9.17) is 12.2 Å². The summed E-state index contributed by atoms with van der Waals surface area (Å²) >= 11 is 5.23. The maximum absolute atomic E-state index is 12.5. The number of hydrogen-bond donors (Lipinski definition) is 2. The Kier molecular flexibility index (Phi) is 7.44. The van der Waals surface area contributed by atoms with Crippen molar-refractivity contribution >= 4 is 27.4 Å². The topological polar surface area (TPSA) is 61.4 Å². The van der Waals surface area contributed by atoms with Gasteiger partial charge in [0.2, 0.25) is 10.0 Å². The van der Waals surface area contributed by atoms with Gasteiger partial charge in [-0.1, -0.05) is 26.0 Å². The van der Waals surface area contributed by atoms with Crippen molar-refractivity contribution in [3.8, 4) is 0 Å². The van der Waals surface area contributed by atoms with Crippen LogP contribution in [-0.2, 0) is 10.0 Å². The molecule has 130 valence electrons. The van der Waals surface area contributed by atoms with Crippen LogP contribution in [0.1, 0.15) is 46.2 Å². The third-order valence-corrected chi connectivity index (χ3v) is 5.79. The summed E-state index contributed by atoms with van der Waals surface area (Å²) in [5.74, 6) is 0. The summed E-state index contributed by atoms with van der Waals surface area (Å²) in [6, 6.07) is 7.22. The van der Waals surface area contributed by atoms with E-state index in [9.17, 15) is 8.42 Å². The minimum atomic E-state index is -3.41. The van der Waals surface area contributed by atoms with Crippen molar-refractivity contribution in [3.05, 3.63) is 29.8 Å². The Labute approximate surface area is 145 Å². The van der Waals surface area contributed by atoms with Crippen molar-refractivity contribution in [1.29, 1.82) is 0 Å². The molecule has 1 atom stereocenters. The fourth-order valence-electron chi connectivity index (χ4n) is 2.22. The molecule has 0 aliphatic heterocycles. The lowest BCUT2D eigenvalue weighted by molar-refractivity contribution is 0.445. The monoisotopic (exact) mass is 357 g/mol. The van der Waals surface area contributed by atoms with Crippen LogP contribution in [0, 0.1) is 0 Å². The fourth-order valence-corrected chi connectivity index (χ4v) is 4.10. The first-order chi connectivity index (χ1) is 10.7. The van der Waals surface area contributed by atoms with Crippen LogP contribution in [0.15, 0.2) is 29.2 Å². The molecule has 0 spiro atoms. The lowest BCUT2D eigenvalue weighted by atomic mass is 10.1. The molecule has 0 aliphatic carbocycles. The third-order valence-electron chi connectivity index (χ3n) is 3.49. The average Bonchev–Trinajstić information content (AvgIpc) is 2.47. The summed E-state index contributed by atoms with van der Waals surface area (Å²) in [6.07, 6.45) is 0. The Morgan fingerprint density at radius 2 is 1.61 bits per heavy atom. The first-order valence-electron chi connectivity index (χ1n) is 7.89. The lowest BCUT2D eigenvalue weighted by Crippen LogP contribution is -2.40. The molecule has 0 saturated carbocycles. The molecule has 0 saturated heterocycles. The molecule has 1 aromatic rings. The highest BCUT2D eigenvalue weighted by molar-refractivity contribution is 7.89. The molecule has 5 nitrogen and oxygen atoms in total. The second-order valence-electron chi connectivity index (χ2n) is 5.65. The molecule has 0 radical (unpaired) electrons. The number of rotatable bonds is 7. The molecule has 1 rings (SSSR count). The Morgan fingerprint density at radius 1 is 1.09 bits per heavy atom. The number of nitrogens with one attached hydrogen (secondary N) is 2. The van der Waals surface area contributed by atoms with Gasteiger partial charge in [-0.25, -0.2) is 8.42 Å². The van der Waals surface area contributed by atoms with Crippen LogP contribution < -0.4 is 10.6 Å². The van der Waals surface area contributed by atoms with E-state index in [1.807, 2.05) is 46.8 Å². The fraction of sp³-hybridized carbons (Fsp3) is 0.562. The molecule has 0 heterocycles. The lowest BCUT2D eigenvalue weighted by Gasteiger charge is -2.20. The van der Waals surface area contributed by atoms with Gasteiger partial charge in [0.05, 0.1) is 10.9 Å². The predicted octanol–water partition coefficient (Wildman–Crippen LogP) is 2.65. The van der Waals surface area contributed by atoms with Crippen molar-refractivity contribution in [3.63, 3.8) is 0 Å². The molecule has 0 fully saturated rings. The summed E-state index contributed by atoms with van der Waals surface area (Å²) in [5.41, 5.74) is 0.983. The van der Waals surface area contributed by atoms with Gasteiger partial charge in [-0.05, 0) is 50.7 Å². The van der Waals surface area contributed by atoms with Gasteiger partial charge in [0.15, 0.2) is 5.11 Å². The van der Waals surface area contributed by atoms with Crippen LogP contribution in [0.4, 0.5) is 0 Å². The molecule has 7 heteroatoms. The van der Waals surface area contributed by atoms with Gasteiger partial charge in [0.1, 0.15) is 0 Å². The van der Waals surface area contributed by atoms with Crippen LogP contribution >= 0.6 is 12.2 Å². The van der Waals surface area contributed by atoms with E-state index in [2.05, 4.69) is 10.6 Å². The molecule has 2 N–H and O–H groups in total. The maximum atomic E-state index is 12.5. The number of benzene rings is 1. The van der Waals surface area contributed by atoms with Crippen molar-refractivity contribution in [2.45, 2.75) is 51.6 Å². The van der Waals surface area contributed by atoms with Gasteiger partial charge >= 0.3 is 0 Å². The largest absolute Gasteiger partial charge is 0.361 e. The van der Waals surface area contributed by atoms with Crippen LogP contribution in [0.3, 0.4) is 0 Å². The minimum absolute atomic E-state index is 0.000965. The van der Waals surface area contributed by atoms with Crippen molar-refractivity contribution < 1.29 is 8.42 Å². The first-order valence-corrected chi connectivity index (χ1v) is 9.74. The average molecular weight is 358 g/mol. The van der Waals surface area contributed by atoms with Gasteiger partial charge in [0, 0.05) is 19.1 Å². The Hall–Kier alpha value is -1.18. The van der Waals surface area contributed by atoms with E-state index in [0.29, 0.717) is 23.1 Å². The summed E-state index contributed by atoms with van der Waals surface area (Å²) in [5, 5.41) is 6.91. The van der Waals surface area contributed by atoms with Crippen LogP contribution in [0.5, 0.6) is 0 Å². The summed E-state index contributed by atoms with van der Waals surface area (Å²) in [6.45, 7) is 10.6. The number of thiocarbonyl (C=S) groups is 1. The predicted molar refractivity (Wildman–Crippen MR) is 99.0 cm³/mol. The normalized spacial score (nSPS) is 13.2. The van der Waals surface area contributed by atoms with Gasteiger partial charge in [0.25, 0.3) is 0 Å². The molecule has 0 aromatic heterocycles. The van der Waals surface area contributed by atoms with E-state index in [0.717, 1.165) is 5.56 Å². The van der Waals surface area contributed by atoms with E-state index in [-0.39, 0.29) is 12.1 Å². The number of hydrogen-bond acceptors (Lipinski definition) is 3. The molecule has 1 aromatic carbocycles. The summed E-state index contributed by atoms with van der Waals surface area (Å²) < 4.78 is 26.4.